The highest BCUT2D eigenvalue weighted by Gasteiger charge is 2.36. The van der Waals surface area contributed by atoms with Crippen LogP contribution in [0.2, 0.25) is 0 Å². The van der Waals surface area contributed by atoms with E-state index in [1.54, 1.807) is 0 Å². The van der Waals surface area contributed by atoms with Crippen LogP contribution < -0.4 is 4.57 Å². The van der Waals surface area contributed by atoms with Crippen molar-refractivity contribution in [3.8, 4) is 0 Å². The predicted molar refractivity (Wildman–Crippen MR) is 80.5 cm³/mol. The maximum atomic E-state index is 10.7. The van der Waals surface area contributed by atoms with E-state index in [4.69, 9.17) is 13.0 Å². The number of nitrogens with zero attached hydrogens (tertiary/aromatic N) is 1. The minimum Gasteiger partial charge on any atom is -0.741 e. The van der Waals surface area contributed by atoms with Crippen molar-refractivity contribution in [3.63, 3.8) is 0 Å². The van der Waals surface area contributed by atoms with E-state index >= 15 is 0 Å². The van der Waals surface area contributed by atoms with E-state index < -0.39 is 15.6 Å². The molecule has 0 aliphatic heterocycles. The first-order valence-corrected chi connectivity index (χ1v) is 9.02. The van der Waals surface area contributed by atoms with Gasteiger partial charge in [0.1, 0.15) is 6.54 Å². The second-order valence-electron chi connectivity index (χ2n) is 5.15. The third kappa shape index (κ3) is 10.3. The minimum absolute atomic E-state index is 1.17. The van der Waals surface area contributed by atoms with Crippen LogP contribution in [0, 0.1) is 0 Å². The van der Waals surface area contributed by atoms with Gasteiger partial charge in [0.25, 0.3) is 0 Å². The zero-order chi connectivity index (χ0) is 17.9. The fourth-order valence-corrected chi connectivity index (χ4v) is 1.73. The second kappa shape index (κ2) is 10.6. The molecule has 0 amide bonds. The third-order valence-electron chi connectivity index (χ3n) is 3.08. The largest absolute Gasteiger partial charge is 0.741 e. The topological polar surface area (TPSA) is 61.1 Å². The number of alkyl halides is 3. The Morgan fingerprint density at radius 2 is 1.52 bits per heavy atom. The Bertz CT molecular complexity index is 528. The molecule has 0 radical (unpaired) electrons. The lowest BCUT2D eigenvalue weighted by atomic mass is 10.1. The van der Waals surface area contributed by atoms with Gasteiger partial charge in [-0.2, -0.15) is 13.2 Å². The summed E-state index contributed by atoms with van der Waals surface area (Å²) in [6.07, 6.45) is 12.2. The maximum absolute atomic E-state index is 10.7. The summed E-state index contributed by atoms with van der Waals surface area (Å²) >= 11 is 0. The van der Waals surface area contributed by atoms with Gasteiger partial charge in [-0.1, -0.05) is 26.7 Å². The lowest BCUT2D eigenvalue weighted by Crippen LogP contribution is -2.32. The Hall–Kier alpha value is -1.15. The number of aromatic nitrogens is 1. The van der Waals surface area contributed by atoms with Crippen molar-refractivity contribution in [2.45, 2.75) is 64.4 Å². The molecule has 8 heteroatoms. The molecule has 0 aliphatic rings. The Morgan fingerprint density at radius 3 is 1.91 bits per heavy atom. The molecule has 0 atom stereocenters. The monoisotopic (exact) mass is 355 g/mol. The van der Waals surface area contributed by atoms with E-state index in [1.807, 2.05) is 0 Å². The fourth-order valence-electron chi connectivity index (χ4n) is 1.73. The zero-order valence-corrected chi connectivity index (χ0v) is 14.3. The SMILES string of the molecule is CCCCC[n+]1ccc(CCCC)cc1.O=S(=O)([O-])C(F)(F)F. The first-order chi connectivity index (χ1) is 10.6. The van der Waals surface area contributed by atoms with Gasteiger partial charge in [-0.15, -0.1) is 0 Å². The van der Waals surface area contributed by atoms with Gasteiger partial charge in [-0.3, -0.25) is 0 Å². The van der Waals surface area contributed by atoms with Gasteiger partial charge in [0, 0.05) is 18.6 Å². The normalized spacial score (nSPS) is 11.7. The van der Waals surface area contributed by atoms with Crippen molar-refractivity contribution in [2.75, 3.05) is 0 Å². The van der Waals surface area contributed by atoms with Crippen LogP contribution in [0.5, 0.6) is 0 Å². The number of halogens is 3. The molecule has 1 heterocycles. The molecule has 0 saturated carbocycles. The van der Waals surface area contributed by atoms with Gasteiger partial charge in [0.15, 0.2) is 22.5 Å². The summed E-state index contributed by atoms with van der Waals surface area (Å²) in [6.45, 7) is 5.66. The minimum atomic E-state index is -6.09. The van der Waals surface area contributed by atoms with Gasteiger partial charge >= 0.3 is 5.51 Å². The average molecular weight is 355 g/mol. The van der Waals surface area contributed by atoms with Gasteiger partial charge in [-0.05, 0) is 24.8 Å². The van der Waals surface area contributed by atoms with Crippen LogP contribution in [0.1, 0.15) is 51.5 Å². The van der Waals surface area contributed by atoms with E-state index in [0.717, 1.165) is 0 Å². The summed E-state index contributed by atoms with van der Waals surface area (Å²) in [4.78, 5) is 0. The van der Waals surface area contributed by atoms with Crippen molar-refractivity contribution in [1.29, 1.82) is 0 Å². The first kappa shape index (κ1) is 21.9. The number of aryl methyl sites for hydroxylation is 2. The molecule has 0 saturated heterocycles. The summed E-state index contributed by atoms with van der Waals surface area (Å²) in [5, 5.41) is 0. The molecule has 0 fully saturated rings. The van der Waals surface area contributed by atoms with Crippen LogP contribution >= 0.6 is 0 Å². The fraction of sp³-hybridized carbons (Fsp3) is 0.667. The van der Waals surface area contributed by atoms with Gasteiger partial charge in [0.05, 0.1) is 0 Å². The van der Waals surface area contributed by atoms with E-state index in [2.05, 4.69) is 42.9 Å². The average Bonchev–Trinajstić information content (AvgIpc) is 2.45. The van der Waals surface area contributed by atoms with Crippen LogP contribution in [-0.4, -0.2) is 18.5 Å². The molecular weight excluding hydrogens is 331 g/mol. The molecule has 1 rings (SSSR count). The summed E-state index contributed by atoms with van der Waals surface area (Å²) in [7, 11) is -6.09. The number of hydrogen-bond donors (Lipinski definition) is 0. The zero-order valence-electron chi connectivity index (χ0n) is 13.5. The molecule has 0 unspecified atom stereocenters. The van der Waals surface area contributed by atoms with E-state index in [0.29, 0.717) is 0 Å². The quantitative estimate of drug-likeness (QED) is 0.325. The van der Waals surface area contributed by atoms with E-state index in [1.165, 1.54) is 50.6 Å². The molecule has 0 aromatic carbocycles. The molecule has 1 aromatic rings. The molecule has 0 bridgehead atoms. The first-order valence-electron chi connectivity index (χ1n) is 7.62. The Balaban J connectivity index is 0.000000515. The smallest absolute Gasteiger partial charge is 0.485 e. The van der Waals surface area contributed by atoms with E-state index in [-0.39, 0.29) is 0 Å². The van der Waals surface area contributed by atoms with E-state index in [9.17, 15) is 13.2 Å². The molecule has 0 spiro atoms. The molecule has 0 aliphatic carbocycles. The third-order valence-corrected chi connectivity index (χ3v) is 3.65. The van der Waals surface area contributed by atoms with Gasteiger partial charge in [0.2, 0.25) is 0 Å². The Labute approximate surface area is 136 Å². The maximum Gasteiger partial charge on any atom is 0.485 e. The molecule has 1 aromatic heterocycles. The van der Waals surface area contributed by atoms with Crippen molar-refractivity contribution >= 4 is 10.1 Å². The van der Waals surface area contributed by atoms with Crippen LogP contribution in [0.3, 0.4) is 0 Å². The molecule has 23 heavy (non-hydrogen) atoms. The highest BCUT2D eigenvalue weighted by Crippen LogP contribution is 2.20. The molecule has 0 N–H and O–H groups in total. The van der Waals surface area contributed by atoms with Crippen molar-refractivity contribution in [1.82, 2.24) is 0 Å². The highest BCUT2D eigenvalue weighted by molar-refractivity contribution is 7.86. The lowest BCUT2D eigenvalue weighted by molar-refractivity contribution is -0.697. The number of rotatable bonds is 7. The molecular formula is C15H24F3NO3S. The number of hydrogen-bond acceptors (Lipinski definition) is 3. The Kier molecular flexibility index (Phi) is 10.1. The summed E-state index contributed by atoms with van der Waals surface area (Å²) in [6, 6.07) is 4.53. The van der Waals surface area contributed by atoms with Crippen LogP contribution in [0.25, 0.3) is 0 Å². The molecule has 134 valence electrons. The highest BCUT2D eigenvalue weighted by atomic mass is 32.2. The summed E-state index contributed by atoms with van der Waals surface area (Å²) < 4.78 is 61.2. The number of pyridine rings is 1. The lowest BCUT2D eigenvalue weighted by Gasteiger charge is -2.08. The van der Waals surface area contributed by atoms with Crippen LogP contribution in [0.15, 0.2) is 24.5 Å². The summed E-state index contributed by atoms with van der Waals surface area (Å²) in [5.41, 5.74) is -4.17. The van der Waals surface area contributed by atoms with Crippen molar-refractivity contribution in [3.05, 3.63) is 30.1 Å². The van der Waals surface area contributed by atoms with Gasteiger partial charge in [-0.25, -0.2) is 13.0 Å². The summed E-state index contributed by atoms with van der Waals surface area (Å²) in [5.74, 6) is 0. The van der Waals surface area contributed by atoms with Crippen LogP contribution in [-0.2, 0) is 23.1 Å². The number of unbranched alkanes of at least 4 members (excludes halogenated alkanes) is 3. The predicted octanol–water partition coefficient (Wildman–Crippen LogP) is 3.56. The van der Waals surface area contributed by atoms with Crippen molar-refractivity contribution < 1.29 is 30.7 Å². The van der Waals surface area contributed by atoms with Crippen LogP contribution in [0.4, 0.5) is 13.2 Å². The second-order valence-corrected chi connectivity index (χ2v) is 6.53. The standard InChI is InChI=1S/C14H24N.CHF3O3S/c1-3-5-7-11-15-12-9-14(10-13-15)8-6-4-2;2-1(3,4)8(5,6)7/h9-10,12-13H,3-8,11H2,1-2H3;(H,5,6,7)/q+1;/p-1. The van der Waals surface area contributed by atoms with Gasteiger partial charge < -0.3 is 4.55 Å². The van der Waals surface area contributed by atoms with Crippen molar-refractivity contribution in [2.24, 2.45) is 0 Å². The molecule has 4 nitrogen and oxygen atoms in total. The Morgan fingerprint density at radius 1 is 1.04 bits per heavy atom.